The number of amides is 1. The van der Waals surface area contributed by atoms with E-state index in [1.807, 2.05) is 0 Å². The summed E-state index contributed by atoms with van der Waals surface area (Å²) >= 11 is 3.18. The average Bonchev–Trinajstić information content (AvgIpc) is 2.88. The Morgan fingerprint density at radius 1 is 1.62 bits per heavy atom. The summed E-state index contributed by atoms with van der Waals surface area (Å²) < 4.78 is 10.8. The molecule has 0 aliphatic carbocycles. The molecule has 2 rings (SSSR count). The van der Waals surface area contributed by atoms with E-state index in [9.17, 15) is 4.79 Å². The molecule has 1 unspecified atom stereocenters. The van der Waals surface area contributed by atoms with E-state index in [1.54, 1.807) is 6.07 Å². The second kappa shape index (κ2) is 5.50. The van der Waals surface area contributed by atoms with E-state index in [-0.39, 0.29) is 5.91 Å². The summed E-state index contributed by atoms with van der Waals surface area (Å²) in [4.78, 5) is 11.7. The second-order valence-electron chi connectivity index (χ2n) is 3.88. The summed E-state index contributed by atoms with van der Waals surface area (Å²) in [5.74, 6) is 0.493. The molecule has 1 aromatic heterocycles. The topological polar surface area (TPSA) is 51.5 Å². The number of hydrogen-bond acceptors (Lipinski definition) is 3. The zero-order valence-corrected chi connectivity index (χ0v) is 10.5. The van der Waals surface area contributed by atoms with Gasteiger partial charge in [0.2, 0.25) is 0 Å². The molecule has 0 saturated carbocycles. The first kappa shape index (κ1) is 11.7. The van der Waals surface area contributed by atoms with E-state index in [2.05, 4.69) is 21.2 Å². The van der Waals surface area contributed by atoms with Gasteiger partial charge >= 0.3 is 0 Å². The fraction of sp³-hybridized carbons (Fsp3) is 0.545. The molecular formula is C11H14BrNO3. The molecule has 1 fully saturated rings. The number of nitrogens with one attached hydrogen (secondary N) is 1. The largest absolute Gasteiger partial charge is 0.457 e. The van der Waals surface area contributed by atoms with E-state index in [0.717, 1.165) is 26.1 Å². The fourth-order valence-corrected chi connectivity index (χ4v) is 2.17. The van der Waals surface area contributed by atoms with Crippen molar-refractivity contribution in [2.45, 2.75) is 12.8 Å². The van der Waals surface area contributed by atoms with Crippen LogP contribution in [0.3, 0.4) is 0 Å². The SMILES string of the molecule is O=C(NCCC1CCOC1)c1ccoc1Br. The quantitative estimate of drug-likeness (QED) is 0.924. The molecular weight excluding hydrogens is 274 g/mol. The first-order chi connectivity index (χ1) is 7.77. The molecule has 0 aromatic carbocycles. The van der Waals surface area contributed by atoms with Crippen molar-refractivity contribution in [1.29, 1.82) is 0 Å². The lowest BCUT2D eigenvalue weighted by Crippen LogP contribution is -2.25. The molecule has 88 valence electrons. The molecule has 2 heterocycles. The van der Waals surface area contributed by atoms with E-state index in [1.165, 1.54) is 6.26 Å². The maximum atomic E-state index is 11.7. The van der Waals surface area contributed by atoms with Crippen LogP contribution in [0.4, 0.5) is 0 Å². The zero-order valence-electron chi connectivity index (χ0n) is 8.87. The Labute approximate surface area is 102 Å². The van der Waals surface area contributed by atoms with Crippen LogP contribution in [-0.2, 0) is 4.74 Å². The molecule has 1 aliphatic heterocycles. The summed E-state index contributed by atoms with van der Waals surface area (Å²) in [6.07, 6.45) is 3.57. The number of ether oxygens (including phenoxy) is 1. The van der Waals surface area contributed by atoms with Crippen LogP contribution in [-0.4, -0.2) is 25.7 Å². The van der Waals surface area contributed by atoms with Gasteiger partial charge in [-0.15, -0.1) is 0 Å². The van der Waals surface area contributed by atoms with E-state index in [0.29, 0.717) is 22.7 Å². The maximum absolute atomic E-state index is 11.7. The number of carbonyl (C=O) groups excluding carboxylic acids is 1. The Kier molecular flexibility index (Phi) is 4.01. The average molecular weight is 288 g/mol. The van der Waals surface area contributed by atoms with Crippen molar-refractivity contribution in [3.8, 4) is 0 Å². The summed E-state index contributed by atoms with van der Waals surface area (Å²) in [6.45, 7) is 2.36. The zero-order chi connectivity index (χ0) is 11.4. The van der Waals surface area contributed by atoms with Crippen LogP contribution in [0.2, 0.25) is 0 Å². The molecule has 0 radical (unpaired) electrons. The van der Waals surface area contributed by atoms with Gasteiger partial charge in [-0.1, -0.05) is 0 Å². The number of halogens is 1. The lowest BCUT2D eigenvalue weighted by Gasteiger charge is -2.07. The molecule has 1 atom stereocenters. The predicted molar refractivity (Wildman–Crippen MR) is 62.3 cm³/mol. The predicted octanol–water partition coefficient (Wildman–Crippen LogP) is 2.20. The third-order valence-electron chi connectivity index (χ3n) is 2.72. The van der Waals surface area contributed by atoms with Crippen LogP contribution >= 0.6 is 15.9 Å². The molecule has 1 amide bonds. The van der Waals surface area contributed by atoms with Gasteiger partial charge in [-0.3, -0.25) is 4.79 Å². The number of hydrogen-bond donors (Lipinski definition) is 1. The molecule has 16 heavy (non-hydrogen) atoms. The number of furan rings is 1. The van der Waals surface area contributed by atoms with Crippen molar-refractivity contribution in [2.75, 3.05) is 19.8 Å². The standard InChI is InChI=1S/C11H14BrNO3/c12-10-9(3-6-16-10)11(14)13-4-1-8-2-5-15-7-8/h3,6,8H,1-2,4-5,7H2,(H,13,14). The van der Waals surface area contributed by atoms with Crippen LogP contribution in [0.25, 0.3) is 0 Å². The molecule has 1 aliphatic rings. The summed E-state index contributed by atoms with van der Waals surface area (Å²) in [6, 6.07) is 1.65. The van der Waals surface area contributed by atoms with Gasteiger partial charge in [-0.05, 0) is 40.8 Å². The first-order valence-electron chi connectivity index (χ1n) is 5.36. The van der Waals surface area contributed by atoms with Crippen LogP contribution in [0.1, 0.15) is 23.2 Å². The highest BCUT2D eigenvalue weighted by atomic mass is 79.9. The van der Waals surface area contributed by atoms with E-state index < -0.39 is 0 Å². The highest BCUT2D eigenvalue weighted by Gasteiger charge is 2.16. The van der Waals surface area contributed by atoms with Crippen molar-refractivity contribution in [1.82, 2.24) is 5.32 Å². The Bertz CT molecular complexity index is 358. The van der Waals surface area contributed by atoms with Crippen molar-refractivity contribution in [3.63, 3.8) is 0 Å². The smallest absolute Gasteiger partial charge is 0.255 e. The van der Waals surface area contributed by atoms with Crippen LogP contribution in [0, 0.1) is 5.92 Å². The first-order valence-corrected chi connectivity index (χ1v) is 6.15. The normalized spacial score (nSPS) is 19.9. The van der Waals surface area contributed by atoms with Gasteiger partial charge in [-0.2, -0.15) is 0 Å². The van der Waals surface area contributed by atoms with Crippen molar-refractivity contribution < 1.29 is 13.9 Å². The van der Waals surface area contributed by atoms with Gasteiger partial charge in [0.05, 0.1) is 11.8 Å². The summed E-state index contributed by atoms with van der Waals surface area (Å²) in [7, 11) is 0. The van der Waals surface area contributed by atoms with Gasteiger partial charge in [0.15, 0.2) is 4.67 Å². The van der Waals surface area contributed by atoms with Crippen LogP contribution in [0.5, 0.6) is 0 Å². The van der Waals surface area contributed by atoms with Crippen molar-refractivity contribution in [3.05, 3.63) is 22.6 Å². The van der Waals surface area contributed by atoms with Crippen molar-refractivity contribution in [2.24, 2.45) is 5.92 Å². The third kappa shape index (κ3) is 2.86. The fourth-order valence-electron chi connectivity index (χ4n) is 1.75. The van der Waals surface area contributed by atoms with Gasteiger partial charge in [0, 0.05) is 19.8 Å². The number of rotatable bonds is 4. The minimum atomic E-state index is -0.0976. The lowest BCUT2D eigenvalue weighted by atomic mass is 10.1. The Balaban J connectivity index is 1.73. The van der Waals surface area contributed by atoms with E-state index >= 15 is 0 Å². The van der Waals surface area contributed by atoms with Crippen molar-refractivity contribution >= 4 is 21.8 Å². The molecule has 0 bridgehead atoms. The lowest BCUT2D eigenvalue weighted by molar-refractivity contribution is 0.0948. The van der Waals surface area contributed by atoms with Gasteiger partial charge < -0.3 is 14.5 Å². The second-order valence-corrected chi connectivity index (χ2v) is 4.60. The van der Waals surface area contributed by atoms with Gasteiger partial charge in [-0.25, -0.2) is 0 Å². The minimum absolute atomic E-state index is 0.0976. The molecule has 0 spiro atoms. The highest BCUT2D eigenvalue weighted by Crippen LogP contribution is 2.18. The van der Waals surface area contributed by atoms with E-state index in [4.69, 9.17) is 9.15 Å². The monoisotopic (exact) mass is 287 g/mol. The van der Waals surface area contributed by atoms with Gasteiger partial charge in [0.1, 0.15) is 0 Å². The molecule has 1 N–H and O–H groups in total. The van der Waals surface area contributed by atoms with Crippen LogP contribution in [0.15, 0.2) is 21.4 Å². The number of carbonyl (C=O) groups is 1. The summed E-state index contributed by atoms with van der Waals surface area (Å²) in [5, 5.41) is 2.87. The molecule has 5 heteroatoms. The maximum Gasteiger partial charge on any atom is 0.255 e. The Morgan fingerprint density at radius 2 is 2.50 bits per heavy atom. The third-order valence-corrected chi connectivity index (χ3v) is 3.34. The molecule has 4 nitrogen and oxygen atoms in total. The Morgan fingerprint density at radius 3 is 3.12 bits per heavy atom. The molecule has 1 saturated heterocycles. The van der Waals surface area contributed by atoms with Crippen LogP contribution < -0.4 is 5.32 Å². The minimum Gasteiger partial charge on any atom is -0.457 e. The van der Waals surface area contributed by atoms with Gasteiger partial charge in [0.25, 0.3) is 5.91 Å². The molecule has 1 aromatic rings. The summed E-state index contributed by atoms with van der Waals surface area (Å²) in [5.41, 5.74) is 0.544. The highest BCUT2D eigenvalue weighted by molar-refractivity contribution is 9.10. The Hall–Kier alpha value is -0.810.